The monoisotopic (exact) mass is 410 g/mol. The fraction of sp³-hybridized carbons (Fsp3) is 0.478. The number of carbonyl (C=O) groups excluding carboxylic acids is 1. The molecule has 152 valence electrons. The first kappa shape index (κ1) is 20.1. The highest BCUT2D eigenvalue weighted by Crippen LogP contribution is 2.40. The number of nitrogens with one attached hydrogen (secondary N) is 1. The van der Waals surface area contributed by atoms with Gasteiger partial charge in [-0.25, -0.2) is 0 Å². The zero-order chi connectivity index (χ0) is 20.4. The van der Waals surface area contributed by atoms with Gasteiger partial charge in [-0.2, -0.15) is 16.6 Å². The van der Waals surface area contributed by atoms with Crippen LogP contribution in [0.3, 0.4) is 0 Å². The van der Waals surface area contributed by atoms with Crippen LogP contribution in [0.5, 0.6) is 5.75 Å². The minimum absolute atomic E-state index is 0.182. The van der Waals surface area contributed by atoms with Gasteiger partial charge in [0.15, 0.2) is 5.78 Å². The smallest absolute Gasteiger partial charge is 0.154 e. The number of hydrogen-bond acceptors (Lipinski definition) is 6. The van der Waals surface area contributed by atoms with Crippen molar-refractivity contribution in [1.29, 1.82) is 5.26 Å². The Morgan fingerprint density at radius 2 is 2.17 bits per heavy atom. The van der Waals surface area contributed by atoms with E-state index in [1.165, 1.54) is 0 Å². The fourth-order valence-corrected chi connectivity index (χ4v) is 5.85. The van der Waals surface area contributed by atoms with Crippen LogP contribution < -0.4 is 10.1 Å². The Bertz CT molecular complexity index is 932. The second-order valence-corrected chi connectivity index (χ2v) is 8.74. The third kappa shape index (κ3) is 3.83. The molecule has 0 spiro atoms. The molecule has 0 radical (unpaired) electrons. The normalized spacial score (nSPS) is 26.0. The summed E-state index contributed by atoms with van der Waals surface area (Å²) in [5.41, 5.74) is 3.77. The Balaban J connectivity index is 1.60. The molecule has 1 aromatic heterocycles. The van der Waals surface area contributed by atoms with Gasteiger partial charge in [-0.3, -0.25) is 4.79 Å². The number of fused-ring (bicyclic) bond motifs is 1. The van der Waals surface area contributed by atoms with Crippen molar-refractivity contribution in [3.8, 4) is 22.9 Å². The van der Waals surface area contributed by atoms with Crippen LogP contribution in [-0.4, -0.2) is 36.7 Å². The zero-order valence-electron chi connectivity index (χ0n) is 16.6. The van der Waals surface area contributed by atoms with Crippen LogP contribution in [0.25, 0.3) is 11.1 Å². The fourth-order valence-electron chi connectivity index (χ4n) is 5.01. The van der Waals surface area contributed by atoms with Crippen molar-refractivity contribution in [2.45, 2.75) is 44.2 Å². The maximum absolute atomic E-state index is 13.2. The Kier molecular flexibility index (Phi) is 6.00. The van der Waals surface area contributed by atoms with Gasteiger partial charge in [0.1, 0.15) is 5.75 Å². The molecule has 0 amide bonds. The molecule has 6 heteroatoms. The van der Waals surface area contributed by atoms with Crippen LogP contribution in [0.1, 0.15) is 30.4 Å². The molecule has 4 atom stereocenters. The quantitative estimate of drug-likeness (QED) is 0.763. The molecule has 4 rings (SSSR count). The zero-order valence-corrected chi connectivity index (χ0v) is 17.4. The van der Waals surface area contributed by atoms with E-state index in [0.717, 1.165) is 53.8 Å². The summed E-state index contributed by atoms with van der Waals surface area (Å²) in [6.07, 6.45) is 3.17. The van der Waals surface area contributed by atoms with Crippen molar-refractivity contribution in [1.82, 2.24) is 5.32 Å². The first-order chi connectivity index (χ1) is 14.1. The van der Waals surface area contributed by atoms with Gasteiger partial charge in [0, 0.05) is 30.0 Å². The molecule has 2 N–H and O–H groups in total. The molecule has 2 aliphatic rings. The lowest BCUT2D eigenvalue weighted by atomic mass is 9.75. The van der Waals surface area contributed by atoms with Crippen molar-refractivity contribution in [3.05, 3.63) is 40.1 Å². The van der Waals surface area contributed by atoms with Gasteiger partial charge in [0.2, 0.25) is 0 Å². The van der Waals surface area contributed by atoms with E-state index in [0.29, 0.717) is 12.8 Å². The number of rotatable bonds is 6. The molecule has 1 saturated carbocycles. The third-order valence-corrected chi connectivity index (χ3v) is 7.20. The predicted molar refractivity (Wildman–Crippen MR) is 113 cm³/mol. The van der Waals surface area contributed by atoms with E-state index in [2.05, 4.69) is 11.4 Å². The highest BCUT2D eigenvalue weighted by Gasteiger charge is 2.44. The van der Waals surface area contributed by atoms with Gasteiger partial charge in [-0.1, -0.05) is 18.6 Å². The number of thiophene rings is 1. The number of nitriles is 1. The Morgan fingerprint density at radius 1 is 1.31 bits per heavy atom. The number of aliphatic hydroxyl groups excluding tert-OH is 1. The average molecular weight is 411 g/mol. The number of nitrogens with zero attached hydrogens (tertiary/aromatic N) is 1. The molecule has 1 aliphatic carbocycles. The number of hydrogen-bond donors (Lipinski definition) is 2. The lowest BCUT2D eigenvalue weighted by Gasteiger charge is -2.31. The Labute approximate surface area is 175 Å². The standard InChI is InChI=1S/C23H26N2O3S/c1-28-21-7-2-4-14(8-9-24)22(21)18-13-29-12-15(18)10-20(27)23-16-5-3-6-19(26)17(16)11-25-23/h2,4,7,12-13,16-17,19,23,25-26H,3,5-6,8,10-11H2,1H3/t16-,17-,19+,23?/m1/s1. The average Bonchev–Trinajstić information content (AvgIpc) is 3.35. The number of carbonyl (C=O) groups is 1. The molecular weight excluding hydrogens is 384 g/mol. The summed E-state index contributed by atoms with van der Waals surface area (Å²) in [6.45, 7) is 0.720. The molecule has 1 unspecified atom stereocenters. The molecule has 2 aromatic rings. The molecule has 5 nitrogen and oxygen atoms in total. The van der Waals surface area contributed by atoms with E-state index in [1.54, 1.807) is 18.4 Å². The number of Topliss-reactive ketones (excluding diaryl/α,β-unsaturated/α-hetero) is 1. The molecule has 1 saturated heterocycles. The van der Waals surface area contributed by atoms with E-state index in [-0.39, 0.29) is 29.8 Å². The second-order valence-electron chi connectivity index (χ2n) is 7.99. The van der Waals surface area contributed by atoms with Crippen molar-refractivity contribution in [2.24, 2.45) is 11.8 Å². The van der Waals surface area contributed by atoms with Crippen LogP contribution in [0, 0.1) is 23.2 Å². The molecular formula is C23H26N2O3S. The predicted octanol–water partition coefficient (Wildman–Crippen LogP) is 3.35. The van der Waals surface area contributed by atoms with Crippen LogP contribution in [0.2, 0.25) is 0 Å². The van der Waals surface area contributed by atoms with Crippen molar-refractivity contribution >= 4 is 17.1 Å². The highest BCUT2D eigenvalue weighted by atomic mass is 32.1. The third-order valence-electron chi connectivity index (χ3n) is 6.41. The number of methoxy groups -OCH3 is 1. The van der Waals surface area contributed by atoms with Gasteiger partial charge in [0.25, 0.3) is 0 Å². The van der Waals surface area contributed by atoms with E-state index in [4.69, 9.17) is 4.74 Å². The van der Waals surface area contributed by atoms with Crippen molar-refractivity contribution in [3.63, 3.8) is 0 Å². The SMILES string of the molecule is COc1cccc(CC#N)c1-c1cscc1CC(=O)C1NC[C@H]2[C@@H](O)CCC[C@@H]12. The Morgan fingerprint density at radius 3 is 2.97 bits per heavy atom. The summed E-state index contributed by atoms with van der Waals surface area (Å²) in [5, 5.41) is 26.9. The first-order valence-electron chi connectivity index (χ1n) is 10.2. The number of ketones is 1. The maximum Gasteiger partial charge on any atom is 0.154 e. The molecule has 0 bridgehead atoms. The van der Waals surface area contributed by atoms with E-state index in [9.17, 15) is 15.2 Å². The number of ether oxygens (including phenoxy) is 1. The first-order valence-corrected chi connectivity index (χ1v) is 11.1. The maximum atomic E-state index is 13.2. The minimum atomic E-state index is -0.294. The van der Waals surface area contributed by atoms with E-state index >= 15 is 0 Å². The largest absolute Gasteiger partial charge is 0.496 e. The minimum Gasteiger partial charge on any atom is -0.496 e. The molecule has 29 heavy (non-hydrogen) atoms. The van der Waals surface area contributed by atoms with Crippen LogP contribution in [-0.2, 0) is 17.6 Å². The molecule has 2 fully saturated rings. The van der Waals surface area contributed by atoms with Gasteiger partial charge >= 0.3 is 0 Å². The molecule has 2 heterocycles. The van der Waals surface area contributed by atoms with Gasteiger partial charge in [-0.05, 0) is 46.7 Å². The van der Waals surface area contributed by atoms with Crippen LogP contribution >= 0.6 is 11.3 Å². The van der Waals surface area contributed by atoms with Crippen molar-refractivity contribution < 1.29 is 14.6 Å². The topological polar surface area (TPSA) is 82.3 Å². The summed E-state index contributed by atoms with van der Waals surface area (Å²) < 4.78 is 5.57. The lowest BCUT2D eigenvalue weighted by Crippen LogP contribution is -2.39. The summed E-state index contributed by atoms with van der Waals surface area (Å²) in [5.74, 6) is 1.33. The van der Waals surface area contributed by atoms with Crippen molar-refractivity contribution in [2.75, 3.05) is 13.7 Å². The van der Waals surface area contributed by atoms with Gasteiger partial charge in [0.05, 0.1) is 31.7 Å². The summed E-state index contributed by atoms with van der Waals surface area (Å²) in [7, 11) is 1.63. The molecule has 1 aliphatic heterocycles. The van der Waals surface area contributed by atoms with E-state index in [1.807, 2.05) is 29.0 Å². The van der Waals surface area contributed by atoms with Crippen LogP contribution in [0.15, 0.2) is 29.0 Å². The molecule has 1 aromatic carbocycles. The highest BCUT2D eigenvalue weighted by molar-refractivity contribution is 7.08. The summed E-state index contributed by atoms with van der Waals surface area (Å²) >= 11 is 1.56. The summed E-state index contributed by atoms with van der Waals surface area (Å²) in [6, 6.07) is 7.77. The van der Waals surface area contributed by atoms with E-state index < -0.39 is 0 Å². The Hall–Kier alpha value is -2.20. The lowest BCUT2D eigenvalue weighted by molar-refractivity contribution is -0.121. The number of benzene rings is 1. The summed E-state index contributed by atoms with van der Waals surface area (Å²) in [4.78, 5) is 13.2. The number of aliphatic hydroxyl groups is 1. The van der Waals surface area contributed by atoms with Crippen LogP contribution in [0.4, 0.5) is 0 Å². The van der Waals surface area contributed by atoms with Gasteiger partial charge in [-0.15, -0.1) is 0 Å². The second kappa shape index (κ2) is 8.66. The van der Waals surface area contributed by atoms with Gasteiger partial charge < -0.3 is 15.2 Å².